The Morgan fingerprint density at radius 3 is 2.52 bits per heavy atom. The summed E-state index contributed by atoms with van der Waals surface area (Å²) in [6.07, 6.45) is 12.1. The highest BCUT2D eigenvalue weighted by atomic mass is 32.2. The van der Waals surface area contributed by atoms with E-state index in [1.807, 2.05) is 0 Å². The van der Waals surface area contributed by atoms with Crippen molar-refractivity contribution in [1.82, 2.24) is 5.32 Å². The van der Waals surface area contributed by atoms with Gasteiger partial charge in [0, 0.05) is 6.42 Å². The third kappa shape index (κ3) is 6.24. The van der Waals surface area contributed by atoms with Gasteiger partial charge in [-0.3, -0.25) is 19.7 Å². The first-order chi connectivity index (χ1) is 13.1. The molecule has 5 nitrogen and oxygen atoms in total. The molecule has 1 aliphatic heterocycles. The number of hydrogen-bond acceptors (Lipinski definition) is 5. The van der Waals surface area contributed by atoms with Crippen molar-refractivity contribution in [3.05, 3.63) is 34.7 Å². The number of amides is 2. The molecular weight excluding hydrogens is 362 g/mol. The van der Waals surface area contributed by atoms with Crippen LogP contribution in [-0.4, -0.2) is 17.1 Å². The molecule has 1 aromatic rings. The highest BCUT2D eigenvalue weighted by Gasteiger charge is 2.24. The number of esters is 1. The van der Waals surface area contributed by atoms with Crippen LogP contribution in [0.3, 0.4) is 0 Å². The molecule has 3 rings (SSSR count). The Hall–Kier alpha value is -2.08. The number of unbranched alkanes of at least 4 members (excludes halogenated alkanes) is 1. The zero-order valence-corrected chi connectivity index (χ0v) is 16.2. The lowest BCUT2D eigenvalue weighted by Crippen LogP contribution is -2.17. The van der Waals surface area contributed by atoms with Crippen molar-refractivity contribution in [3.63, 3.8) is 0 Å². The maximum absolute atomic E-state index is 12.0. The number of hydrogen-bond donors (Lipinski definition) is 1. The molecule has 1 aromatic carbocycles. The van der Waals surface area contributed by atoms with Crippen LogP contribution >= 0.6 is 11.8 Å². The van der Waals surface area contributed by atoms with Gasteiger partial charge in [-0.15, -0.1) is 0 Å². The van der Waals surface area contributed by atoms with E-state index in [1.165, 1.54) is 38.5 Å². The minimum Gasteiger partial charge on any atom is -0.427 e. The van der Waals surface area contributed by atoms with Crippen LogP contribution in [0.4, 0.5) is 4.79 Å². The topological polar surface area (TPSA) is 72.5 Å². The quantitative estimate of drug-likeness (QED) is 0.306. The monoisotopic (exact) mass is 387 g/mol. The van der Waals surface area contributed by atoms with Gasteiger partial charge < -0.3 is 4.74 Å². The third-order valence-corrected chi connectivity index (χ3v) is 5.83. The summed E-state index contributed by atoms with van der Waals surface area (Å²) in [4.78, 5) is 35.0. The normalized spacial score (nSPS) is 19.3. The molecule has 0 bridgehead atoms. The number of ether oxygens (including phenoxy) is 1. The summed E-state index contributed by atoms with van der Waals surface area (Å²) in [5, 5.41) is 1.86. The van der Waals surface area contributed by atoms with E-state index in [2.05, 4.69) is 5.32 Å². The highest BCUT2D eigenvalue weighted by Crippen LogP contribution is 2.28. The van der Waals surface area contributed by atoms with Gasteiger partial charge in [-0.1, -0.05) is 57.1 Å². The fraction of sp³-hybridized carbons (Fsp3) is 0.476. The smallest absolute Gasteiger partial charge is 0.311 e. The van der Waals surface area contributed by atoms with Crippen molar-refractivity contribution in [3.8, 4) is 5.75 Å². The van der Waals surface area contributed by atoms with Gasteiger partial charge in [-0.25, -0.2) is 0 Å². The first-order valence-electron chi connectivity index (χ1n) is 9.66. The fourth-order valence-corrected chi connectivity index (χ4v) is 4.25. The molecule has 6 heteroatoms. The minimum atomic E-state index is -0.381. The second kappa shape index (κ2) is 9.74. The summed E-state index contributed by atoms with van der Waals surface area (Å²) < 4.78 is 5.37. The van der Waals surface area contributed by atoms with E-state index in [0.717, 1.165) is 36.1 Å². The van der Waals surface area contributed by atoms with Crippen molar-refractivity contribution in [2.45, 2.75) is 57.8 Å². The van der Waals surface area contributed by atoms with Crippen LogP contribution in [0.1, 0.15) is 63.4 Å². The fourth-order valence-electron chi connectivity index (χ4n) is 3.57. The van der Waals surface area contributed by atoms with Crippen LogP contribution in [-0.2, 0) is 9.59 Å². The lowest BCUT2D eigenvalue weighted by molar-refractivity contribution is -0.134. The molecule has 0 unspecified atom stereocenters. The average molecular weight is 388 g/mol. The van der Waals surface area contributed by atoms with Gasteiger partial charge in [0.2, 0.25) is 0 Å². The number of carbonyl (C=O) groups is 3. The Morgan fingerprint density at radius 2 is 1.85 bits per heavy atom. The van der Waals surface area contributed by atoms with Crippen LogP contribution in [0.2, 0.25) is 0 Å². The van der Waals surface area contributed by atoms with Crippen LogP contribution in [0, 0.1) is 5.92 Å². The second-order valence-electron chi connectivity index (χ2n) is 7.15. The molecule has 0 spiro atoms. The van der Waals surface area contributed by atoms with Gasteiger partial charge in [0.25, 0.3) is 11.1 Å². The lowest BCUT2D eigenvalue weighted by Gasteiger charge is -2.21. The number of rotatable bonds is 7. The Kier molecular flexibility index (Phi) is 7.10. The van der Waals surface area contributed by atoms with Gasteiger partial charge in [0.1, 0.15) is 5.75 Å². The molecule has 1 aliphatic carbocycles. The van der Waals surface area contributed by atoms with E-state index in [4.69, 9.17) is 4.74 Å². The molecule has 2 aliphatic rings. The Morgan fingerprint density at radius 1 is 1.11 bits per heavy atom. The van der Waals surface area contributed by atoms with Crippen LogP contribution < -0.4 is 10.1 Å². The van der Waals surface area contributed by atoms with Gasteiger partial charge in [0.15, 0.2) is 0 Å². The molecule has 27 heavy (non-hydrogen) atoms. The maximum Gasteiger partial charge on any atom is 0.311 e. The largest absolute Gasteiger partial charge is 0.427 e. The second-order valence-corrected chi connectivity index (χ2v) is 8.16. The molecule has 1 N–H and O–H groups in total. The number of carbonyl (C=O) groups excluding carboxylic acids is 3. The summed E-state index contributed by atoms with van der Waals surface area (Å²) in [7, 11) is 0. The molecule has 144 valence electrons. The van der Waals surface area contributed by atoms with E-state index < -0.39 is 0 Å². The predicted octanol–water partition coefficient (Wildman–Crippen LogP) is 5.06. The predicted molar refractivity (Wildman–Crippen MR) is 106 cm³/mol. The van der Waals surface area contributed by atoms with Gasteiger partial charge in [0.05, 0.1) is 4.91 Å². The van der Waals surface area contributed by atoms with E-state index in [1.54, 1.807) is 30.3 Å². The first-order valence-corrected chi connectivity index (χ1v) is 10.5. The van der Waals surface area contributed by atoms with Gasteiger partial charge in [-0.05, 0) is 47.9 Å². The van der Waals surface area contributed by atoms with E-state index >= 15 is 0 Å². The van der Waals surface area contributed by atoms with Crippen molar-refractivity contribution in [2.75, 3.05) is 0 Å². The summed E-state index contributed by atoms with van der Waals surface area (Å²) in [6, 6.07) is 6.92. The SMILES string of the molecule is O=C(CCCCC1CCCCC1)Oc1ccc(C=C2SC(=O)NC2=O)cc1. The summed E-state index contributed by atoms with van der Waals surface area (Å²) in [5.41, 5.74) is 0.773. The molecule has 1 saturated heterocycles. The number of imide groups is 1. The summed E-state index contributed by atoms with van der Waals surface area (Å²) >= 11 is 0.881. The molecule has 1 heterocycles. The van der Waals surface area contributed by atoms with Crippen molar-refractivity contribution in [2.24, 2.45) is 5.92 Å². The molecule has 0 aromatic heterocycles. The van der Waals surface area contributed by atoms with Crippen molar-refractivity contribution >= 4 is 35.0 Å². The number of thioether (sulfide) groups is 1. The van der Waals surface area contributed by atoms with E-state index in [-0.39, 0.29) is 17.1 Å². The van der Waals surface area contributed by atoms with E-state index in [9.17, 15) is 14.4 Å². The van der Waals surface area contributed by atoms with Crippen LogP contribution in [0.15, 0.2) is 29.2 Å². The zero-order valence-electron chi connectivity index (χ0n) is 15.4. The maximum atomic E-state index is 12.0. The van der Waals surface area contributed by atoms with Gasteiger partial charge >= 0.3 is 5.97 Å². The lowest BCUT2D eigenvalue weighted by atomic mass is 9.86. The van der Waals surface area contributed by atoms with Gasteiger partial charge in [-0.2, -0.15) is 0 Å². The summed E-state index contributed by atoms with van der Waals surface area (Å²) in [5.74, 6) is 0.760. The molecule has 0 atom stereocenters. The first kappa shape index (κ1) is 19.7. The number of benzene rings is 1. The van der Waals surface area contributed by atoms with Crippen molar-refractivity contribution < 1.29 is 19.1 Å². The minimum absolute atomic E-state index is 0.207. The van der Waals surface area contributed by atoms with E-state index in [0.29, 0.717) is 17.1 Å². The molecular formula is C21H25NO4S. The molecule has 0 radical (unpaired) electrons. The third-order valence-electron chi connectivity index (χ3n) is 5.02. The number of nitrogens with one attached hydrogen (secondary N) is 1. The highest BCUT2D eigenvalue weighted by molar-refractivity contribution is 8.18. The molecule has 2 fully saturated rings. The molecule has 1 saturated carbocycles. The summed E-state index contributed by atoms with van der Waals surface area (Å²) in [6.45, 7) is 0. The zero-order chi connectivity index (χ0) is 19.1. The molecule has 2 amide bonds. The standard InChI is InChI=1S/C21H25NO4S/c23-19(9-5-4-8-15-6-2-1-3-7-15)26-17-12-10-16(11-13-17)14-18-20(24)22-21(25)27-18/h10-15H,1-9H2,(H,22,24,25). The Balaban J connectivity index is 1.40. The van der Waals surface area contributed by atoms with Crippen LogP contribution in [0.5, 0.6) is 5.75 Å². The average Bonchev–Trinajstić information content (AvgIpc) is 2.98. The van der Waals surface area contributed by atoms with Crippen LogP contribution in [0.25, 0.3) is 6.08 Å². The van der Waals surface area contributed by atoms with Crippen molar-refractivity contribution in [1.29, 1.82) is 0 Å². The Labute approximate surface area is 163 Å². The Bertz CT molecular complexity index is 720.